The summed E-state index contributed by atoms with van der Waals surface area (Å²) < 4.78 is 0. The van der Waals surface area contributed by atoms with Crippen molar-refractivity contribution in [2.45, 2.75) is 97.3 Å². The molecule has 0 aromatic carbocycles. The lowest BCUT2D eigenvalue weighted by atomic mass is 10.0. The van der Waals surface area contributed by atoms with E-state index in [1.54, 1.807) is 0 Å². The number of carbonyl (C=O) groups is 1. The van der Waals surface area contributed by atoms with Crippen LogP contribution in [0.4, 0.5) is 0 Å². The molecule has 0 aliphatic heterocycles. The summed E-state index contributed by atoms with van der Waals surface area (Å²) in [7, 11) is 0. The Morgan fingerprint density at radius 3 is 1.78 bits per heavy atom. The fourth-order valence-corrected chi connectivity index (χ4v) is 2.18. The first-order valence-electron chi connectivity index (χ1n) is 8.17. The van der Waals surface area contributed by atoms with E-state index in [2.05, 4.69) is 13.8 Å². The van der Waals surface area contributed by atoms with Crippen LogP contribution in [0.15, 0.2) is 0 Å². The van der Waals surface area contributed by atoms with E-state index in [0.717, 1.165) is 25.7 Å². The molecule has 0 saturated heterocycles. The maximum atomic E-state index is 11.5. The second-order valence-corrected chi connectivity index (χ2v) is 5.39. The molecule has 0 unspecified atom stereocenters. The van der Waals surface area contributed by atoms with Crippen molar-refractivity contribution in [1.82, 2.24) is 0 Å². The van der Waals surface area contributed by atoms with Crippen molar-refractivity contribution in [3.05, 3.63) is 6.42 Å². The molecule has 0 aromatic rings. The van der Waals surface area contributed by atoms with Crippen molar-refractivity contribution < 1.29 is 4.79 Å². The lowest BCUT2D eigenvalue weighted by Crippen LogP contribution is -1.98. The Bertz CT molecular complexity index is 174. The van der Waals surface area contributed by atoms with Crippen LogP contribution in [-0.4, -0.2) is 5.78 Å². The van der Waals surface area contributed by atoms with Crippen molar-refractivity contribution in [3.8, 4) is 0 Å². The highest BCUT2D eigenvalue weighted by Gasteiger charge is 2.01. The van der Waals surface area contributed by atoms with E-state index in [-0.39, 0.29) is 0 Å². The van der Waals surface area contributed by atoms with Crippen molar-refractivity contribution >= 4 is 5.78 Å². The van der Waals surface area contributed by atoms with E-state index in [0.29, 0.717) is 5.78 Å². The normalized spacial score (nSPS) is 10.8. The number of hydrogen-bond donors (Lipinski definition) is 0. The summed E-state index contributed by atoms with van der Waals surface area (Å²) in [4.78, 5) is 11.5. The van der Waals surface area contributed by atoms with Crippen molar-refractivity contribution in [3.63, 3.8) is 0 Å². The number of hydrogen-bond acceptors (Lipinski definition) is 1. The lowest BCUT2D eigenvalue weighted by Gasteiger charge is -2.02. The zero-order valence-electron chi connectivity index (χ0n) is 12.7. The van der Waals surface area contributed by atoms with E-state index in [9.17, 15) is 4.79 Å². The fourth-order valence-electron chi connectivity index (χ4n) is 2.18. The van der Waals surface area contributed by atoms with E-state index >= 15 is 0 Å². The average molecular weight is 253 g/mol. The van der Waals surface area contributed by atoms with Gasteiger partial charge in [-0.3, -0.25) is 4.79 Å². The SMILES string of the molecule is CCCC[CH]C(=O)CCCCCCCCCCC. The lowest BCUT2D eigenvalue weighted by molar-refractivity contribution is -0.116. The van der Waals surface area contributed by atoms with Gasteiger partial charge in [-0.25, -0.2) is 0 Å². The Morgan fingerprint density at radius 2 is 1.22 bits per heavy atom. The number of Topliss-reactive ketones (excluding diaryl/α,β-unsaturated/α-hetero) is 1. The molecule has 1 heteroatoms. The van der Waals surface area contributed by atoms with Crippen LogP contribution >= 0.6 is 0 Å². The maximum absolute atomic E-state index is 11.5. The van der Waals surface area contributed by atoms with Gasteiger partial charge in [-0.1, -0.05) is 78.1 Å². The predicted molar refractivity (Wildman–Crippen MR) is 80.7 cm³/mol. The Hall–Kier alpha value is -0.330. The highest BCUT2D eigenvalue weighted by atomic mass is 16.1. The minimum absolute atomic E-state index is 0.367. The molecule has 107 valence electrons. The van der Waals surface area contributed by atoms with Crippen molar-refractivity contribution in [1.29, 1.82) is 0 Å². The summed E-state index contributed by atoms with van der Waals surface area (Å²) in [6, 6.07) is 0. The van der Waals surface area contributed by atoms with Gasteiger partial charge in [-0.2, -0.15) is 0 Å². The molecule has 0 heterocycles. The fraction of sp³-hybridized carbons (Fsp3) is 0.882. The number of carbonyl (C=O) groups excluding carboxylic acids is 1. The second kappa shape index (κ2) is 14.7. The third-order valence-corrected chi connectivity index (χ3v) is 3.46. The molecule has 18 heavy (non-hydrogen) atoms. The summed E-state index contributed by atoms with van der Waals surface area (Å²) in [6.45, 7) is 4.42. The minimum atomic E-state index is 0.367. The number of rotatable bonds is 14. The van der Waals surface area contributed by atoms with E-state index < -0.39 is 0 Å². The summed E-state index contributed by atoms with van der Waals surface area (Å²) >= 11 is 0. The van der Waals surface area contributed by atoms with Crippen molar-refractivity contribution in [2.75, 3.05) is 0 Å². The monoisotopic (exact) mass is 253 g/mol. The molecule has 0 spiro atoms. The molecule has 0 N–H and O–H groups in total. The Balaban J connectivity index is 3.08. The molecule has 0 aromatic heterocycles. The molecular formula is C17H33O. The zero-order chi connectivity index (χ0) is 13.5. The molecule has 0 atom stereocenters. The van der Waals surface area contributed by atoms with Gasteiger partial charge in [0.2, 0.25) is 0 Å². The topological polar surface area (TPSA) is 17.1 Å². The van der Waals surface area contributed by atoms with Crippen LogP contribution in [0, 0.1) is 6.42 Å². The molecular weight excluding hydrogens is 220 g/mol. The Morgan fingerprint density at radius 1 is 0.722 bits per heavy atom. The largest absolute Gasteiger partial charge is 0.299 e. The molecule has 0 saturated carbocycles. The number of ketones is 1. The predicted octanol–water partition coefficient (Wildman–Crippen LogP) is 5.87. The summed E-state index contributed by atoms with van der Waals surface area (Å²) in [5.74, 6) is 0.367. The molecule has 1 nitrogen and oxygen atoms in total. The maximum Gasteiger partial charge on any atom is 0.136 e. The van der Waals surface area contributed by atoms with Crippen LogP contribution in [0.2, 0.25) is 0 Å². The van der Waals surface area contributed by atoms with Crippen LogP contribution in [0.1, 0.15) is 97.3 Å². The van der Waals surface area contributed by atoms with Gasteiger partial charge in [0.25, 0.3) is 0 Å². The molecule has 0 aliphatic rings. The van der Waals surface area contributed by atoms with Crippen LogP contribution in [0.25, 0.3) is 0 Å². The molecule has 0 amide bonds. The van der Waals surface area contributed by atoms with Gasteiger partial charge in [0, 0.05) is 12.8 Å². The van der Waals surface area contributed by atoms with E-state index in [4.69, 9.17) is 0 Å². The van der Waals surface area contributed by atoms with Crippen LogP contribution < -0.4 is 0 Å². The molecule has 0 fully saturated rings. The van der Waals surface area contributed by atoms with E-state index in [1.807, 2.05) is 6.42 Å². The highest BCUT2D eigenvalue weighted by molar-refractivity contribution is 5.86. The summed E-state index contributed by atoms with van der Waals surface area (Å²) in [6.07, 6.45) is 17.9. The van der Waals surface area contributed by atoms with Gasteiger partial charge in [-0.15, -0.1) is 0 Å². The first-order valence-corrected chi connectivity index (χ1v) is 8.17. The first-order chi connectivity index (χ1) is 8.81. The Labute approximate surface area is 115 Å². The molecule has 0 rings (SSSR count). The van der Waals surface area contributed by atoms with Crippen molar-refractivity contribution in [2.24, 2.45) is 0 Å². The highest BCUT2D eigenvalue weighted by Crippen LogP contribution is 2.11. The van der Waals surface area contributed by atoms with E-state index in [1.165, 1.54) is 57.8 Å². The van der Waals surface area contributed by atoms with Gasteiger partial charge < -0.3 is 0 Å². The summed E-state index contributed by atoms with van der Waals surface area (Å²) in [5, 5.41) is 0. The quantitative estimate of drug-likeness (QED) is 0.354. The van der Waals surface area contributed by atoms with Crippen LogP contribution in [0.3, 0.4) is 0 Å². The van der Waals surface area contributed by atoms with Crippen LogP contribution in [-0.2, 0) is 4.79 Å². The minimum Gasteiger partial charge on any atom is -0.299 e. The van der Waals surface area contributed by atoms with Gasteiger partial charge in [0.05, 0.1) is 0 Å². The third kappa shape index (κ3) is 13.7. The van der Waals surface area contributed by atoms with Gasteiger partial charge in [0.15, 0.2) is 0 Å². The first kappa shape index (κ1) is 17.7. The molecule has 1 radical (unpaired) electrons. The molecule has 0 bridgehead atoms. The Kier molecular flexibility index (Phi) is 14.5. The molecule has 0 aliphatic carbocycles. The zero-order valence-corrected chi connectivity index (χ0v) is 12.7. The average Bonchev–Trinajstić information content (AvgIpc) is 2.37. The smallest absolute Gasteiger partial charge is 0.136 e. The standard InChI is InChI=1S/C17H33O/c1-3-5-7-8-9-10-11-12-14-16-17(18)15-13-6-4-2/h15H,3-14,16H2,1-2H3. The van der Waals surface area contributed by atoms with Gasteiger partial charge in [-0.05, 0) is 12.8 Å². The summed E-state index contributed by atoms with van der Waals surface area (Å²) in [5.41, 5.74) is 0. The number of unbranched alkanes of at least 4 members (excludes halogenated alkanes) is 10. The second-order valence-electron chi connectivity index (χ2n) is 5.39. The van der Waals surface area contributed by atoms with Gasteiger partial charge in [0.1, 0.15) is 5.78 Å². The van der Waals surface area contributed by atoms with Crippen LogP contribution in [0.5, 0.6) is 0 Å². The third-order valence-electron chi connectivity index (χ3n) is 3.46. The van der Waals surface area contributed by atoms with Gasteiger partial charge >= 0.3 is 0 Å².